The Hall–Kier alpha value is -7.30. The fourth-order valence-electron chi connectivity index (χ4n) is 8.22. The smallest absolute Gasteiger partial charge is 0.160 e. The minimum absolute atomic E-state index is 0.717. The Morgan fingerprint density at radius 2 is 0.759 bits per heavy atom. The average Bonchev–Trinajstić information content (AvgIpc) is 3.76. The first-order valence-corrected chi connectivity index (χ1v) is 18.3. The van der Waals surface area contributed by atoms with Gasteiger partial charge in [-0.2, -0.15) is 0 Å². The highest BCUT2D eigenvalue weighted by Gasteiger charge is 2.17. The lowest BCUT2D eigenvalue weighted by molar-refractivity contribution is 1.17. The van der Waals surface area contributed by atoms with Gasteiger partial charge in [-0.25, -0.2) is 9.97 Å². The summed E-state index contributed by atoms with van der Waals surface area (Å²) in [5, 5.41) is 6.01. The first-order valence-electron chi connectivity index (χ1n) is 18.3. The standard InChI is InChI=1S/C50H32N4/c1-3-13-33(14-4-1)49-41-19-7-10-20-44(41)51-50(52-49)34-23-27-38(28-24-34)54-46-22-12-9-18-40(46)43-32-36(26-30-48(43)54)35-25-29-47-42(31-35)39-17-8-11-21-45(39)53(47)37-15-5-2-6-16-37/h1-32H. The molecule has 0 saturated carbocycles. The molecule has 11 aromatic rings. The van der Waals surface area contributed by atoms with Crippen LogP contribution in [0.15, 0.2) is 194 Å². The number of hydrogen-bond donors (Lipinski definition) is 0. The molecule has 0 fully saturated rings. The van der Waals surface area contributed by atoms with Crippen molar-refractivity contribution in [3.8, 4) is 45.1 Å². The number of aromatic nitrogens is 4. The van der Waals surface area contributed by atoms with Gasteiger partial charge in [0.05, 0.1) is 33.3 Å². The van der Waals surface area contributed by atoms with Crippen LogP contribution >= 0.6 is 0 Å². The van der Waals surface area contributed by atoms with E-state index in [0.29, 0.717) is 0 Å². The van der Waals surface area contributed by atoms with Crippen LogP contribution in [0, 0.1) is 0 Å². The average molecular weight is 689 g/mol. The molecule has 0 spiro atoms. The monoisotopic (exact) mass is 688 g/mol. The van der Waals surface area contributed by atoms with E-state index in [1.165, 1.54) is 60.4 Å². The number of hydrogen-bond acceptors (Lipinski definition) is 2. The molecule has 0 aliphatic rings. The van der Waals surface area contributed by atoms with Crippen LogP contribution in [0.3, 0.4) is 0 Å². The quantitative estimate of drug-likeness (QED) is 0.180. The Balaban J connectivity index is 1.02. The van der Waals surface area contributed by atoms with Gasteiger partial charge < -0.3 is 9.13 Å². The van der Waals surface area contributed by atoms with Gasteiger partial charge in [-0.1, -0.05) is 115 Å². The summed E-state index contributed by atoms with van der Waals surface area (Å²) in [6.07, 6.45) is 0. The highest BCUT2D eigenvalue weighted by Crippen LogP contribution is 2.38. The molecule has 0 aliphatic carbocycles. The summed E-state index contributed by atoms with van der Waals surface area (Å²) < 4.78 is 4.73. The van der Waals surface area contributed by atoms with E-state index in [1.807, 2.05) is 18.2 Å². The molecule has 0 unspecified atom stereocenters. The molecule has 0 aliphatic heterocycles. The number of rotatable bonds is 5. The van der Waals surface area contributed by atoms with Crippen molar-refractivity contribution in [2.45, 2.75) is 0 Å². The SMILES string of the molecule is c1ccc(-c2nc(-c3ccc(-n4c5ccccc5c5cc(-c6ccc7c(c6)c6ccccc6n7-c6ccccc6)ccc54)cc3)nc3ccccc23)cc1. The third-order valence-corrected chi connectivity index (χ3v) is 10.7. The van der Waals surface area contributed by atoms with Crippen LogP contribution in [0.1, 0.15) is 0 Å². The molecule has 0 amide bonds. The fraction of sp³-hybridized carbons (Fsp3) is 0. The summed E-state index contributed by atoms with van der Waals surface area (Å²) in [5.41, 5.74) is 13.4. The van der Waals surface area contributed by atoms with Crippen LogP contribution in [0.2, 0.25) is 0 Å². The highest BCUT2D eigenvalue weighted by molar-refractivity contribution is 6.12. The zero-order chi connectivity index (χ0) is 35.6. The topological polar surface area (TPSA) is 35.6 Å². The second-order valence-electron chi connectivity index (χ2n) is 13.8. The van der Waals surface area contributed by atoms with Gasteiger partial charge >= 0.3 is 0 Å². The third-order valence-electron chi connectivity index (χ3n) is 10.7. The molecule has 0 bridgehead atoms. The van der Waals surface area contributed by atoms with Gasteiger partial charge in [0.2, 0.25) is 0 Å². The van der Waals surface area contributed by atoms with Gasteiger partial charge in [0, 0.05) is 49.4 Å². The molecule has 0 radical (unpaired) electrons. The Bertz CT molecular complexity index is 3190. The second-order valence-corrected chi connectivity index (χ2v) is 13.8. The van der Waals surface area contributed by atoms with Crippen LogP contribution < -0.4 is 0 Å². The van der Waals surface area contributed by atoms with Gasteiger partial charge in [-0.15, -0.1) is 0 Å². The van der Waals surface area contributed by atoms with E-state index in [1.54, 1.807) is 0 Å². The van der Waals surface area contributed by atoms with Crippen molar-refractivity contribution in [2.24, 2.45) is 0 Å². The molecule has 0 atom stereocenters. The number of fused-ring (bicyclic) bond motifs is 7. The van der Waals surface area contributed by atoms with Crippen LogP contribution in [0.25, 0.3) is 99.7 Å². The van der Waals surface area contributed by atoms with Crippen molar-refractivity contribution in [2.75, 3.05) is 0 Å². The molecular formula is C50H32N4. The predicted molar refractivity (Wildman–Crippen MR) is 225 cm³/mol. The molecule has 54 heavy (non-hydrogen) atoms. The van der Waals surface area contributed by atoms with Crippen molar-refractivity contribution in [1.82, 2.24) is 19.1 Å². The summed E-state index contributed by atoms with van der Waals surface area (Å²) in [7, 11) is 0. The first kappa shape index (κ1) is 30.3. The Morgan fingerprint density at radius 1 is 0.296 bits per heavy atom. The van der Waals surface area contributed by atoms with E-state index >= 15 is 0 Å². The zero-order valence-electron chi connectivity index (χ0n) is 29.3. The molecule has 3 aromatic heterocycles. The van der Waals surface area contributed by atoms with Crippen LogP contribution in [-0.4, -0.2) is 19.1 Å². The molecule has 4 nitrogen and oxygen atoms in total. The van der Waals surface area contributed by atoms with E-state index in [4.69, 9.17) is 9.97 Å². The summed E-state index contributed by atoms with van der Waals surface area (Å²) in [5.74, 6) is 0.717. The number of nitrogens with zero attached hydrogens (tertiary/aromatic N) is 4. The number of benzene rings is 8. The van der Waals surface area contributed by atoms with Crippen LogP contribution in [0.5, 0.6) is 0 Å². The van der Waals surface area contributed by atoms with E-state index in [0.717, 1.165) is 39.2 Å². The van der Waals surface area contributed by atoms with E-state index in [-0.39, 0.29) is 0 Å². The fourth-order valence-corrected chi connectivity index (χ4v) is 8.22. The minimum Gasteiger partial charge on any atom is -0.309 e. The van der Waals surface area contributed by atoms with Crippen molar-refractivity contribution in [3.05, 3.63) is 194 Å². The molecule has 8 aromatic carbocycles. The van der Waals surface area contributed by atoms with Gasteiger partial charge in [-0.3, -0.25) is 0 Å². The third kappa shape index (κ3) is 4.78. The van der Waals surface area contributed by atoms with Crippen molar-refractivity contribution in [1.29, 1.82) is 0 Å². The molecular weight excluding hydrogens is 657 g/mol. The molecule has 3 heterocycles. The van der Waals surface area contributed by atoms with Gasteiger partial charge in [0.15, 0.2) is 5.82 Å². The molecule has 4 heteroatoms. The maximum absolute atomic E-state index is 5.11. The molecule has 252 valence electrons. The first-order chi connectivity index (χ1) is 26.8. The molecule has 11 rings (SSSR count). The minimum atomic E-state index is 0.717. The Labute approximate surface area is 311 Å². The van der Waals surface area contributed by atoms with E-state index < -0.39 is 0 Å². The van der Waals surface area contributed by atoms with Gasteiger partial charge in [0.1, 0.15) is 0 Å². The lowest BCUT2D eigenvalue weighted by Crippen LogP contribution is -1.97. The summed E-state index contributed by atoms with van der Waals surface area (Å²) in [6.45, 7) is 0. The second kappa shape index (κ2) is 12.1. The summed E-state index contributed by atoms with van der Waals surface area (Å²) in [6, 6.07) is 69.1. The number of para-hydroxylation sites is 4. The summed E-state index contributed by atoms with van der Waals surface area (Å²) in [4.78, 5) is 10.1. The molecule has 0 N–H and O–H groups in total. The summed E-state index contributed by atoms with van der Waals surface area (Å²) >= 11 is 0. The normalized spacial score (nSPS) is 11.7. The Morgan fingerprint density at radius 3 is 1.37 bits per heavy atom. The predicted octanol–water partition coefficient (Wildman–Crippen LogP) is 12.8. The van der Waals surface area contributed by atoms with Crippen molar-refractivity contribution >= 4 is 54.5 Å². The Kier molecular flexibility index (Phi) is 6.82. The zero-order valence-corrected chi connectivity index (χ0v) is 29.3. The van der Waals surface area contributed by atoms with Crippen molar-refractivity contribution < 1.29 is 0 Å². The largest absolute Gasteiger partial charge is 0.309 e. The lowest BCUT2D eigenvalue weighted by Gasteiger charge is -2.11. The van der Waals surface area contributed by atoms with Crippen molar-refractivity contribution in [3.63, 3.8) is 0 Å². The maximum atomic E-state index is 5.11. The van der Waals surface area contributed by atoms with Gasteiger partial charge in [-0.05, 0) is 90.0 Å². The van der Waals surface area contributed by atoms with Crippen LogP contribution in [0.4, 0.5) is 0 Å². The maximum Gasteiger partial charge on any atom is 0.160 e. The van der Waals surface area contributed by atoms with Crippen LogP contribution in [-0.2, 0) is 0 Å². The molecule has 0 saturated heterocycles. The highest BCUT2D eigenvalue weighted by atomic mass is 15.0. The van der Waals surface area contributed by atoms with Gasteiger partial charge in [0.25, 0.3) is 0 Å². The van der Waals surface area contributed by atoms with E-state index in [2.05, 4.69) is 185 Å². The lowest BCUT2D eigenvalue weighted by atomic mass is 10.0. The van der Waals surface area contributed by atoms with E-state index in [9.17, 15) is 0 Å².